The molecule has 0 saturated heterocycles. The van der Waals surface area contributed by atoms with E-state index in [0.717, 1.165) is 28.4 Å². The minimum atomic E-state index is 0.567. The maximum atomic E-state index is 5.66. The molecule has 27 heavy (non-hydrogen) atoms. The minimum absolute atomic E-state index is 0.567. The largest absolute Gasteiger partial charge is 0.416 e. The van der Waals surface area contributed by atoms with Crippen LogP contribution in [0, 0.1) is 6.92 Å². The van der Waals surface area contributed by atoms with Gasteiger partial charge in [0.2, 0.25) is 17.6 Å². The Morgan fingerprint density at radius 2 is 2.00 bits per heavy atom. The predicted octanol–water partition coefficient (Wildman–Crippen LogP) is 3.60. The molecule has 0 atom stereocenters. The molecular weight excluding hydrogens is 384 g/mol. The summed E-state index contributed by atoms with van der Waals surface area (Å²) in [6.07, 6.45) is 5.54. The van der Waals surface area contributed by atoms with Crippen LogP contribution in [0.15, 0.2) is 44.1 Å². The summed E-state index contributed by atoms with van der Waals surface area (Å²) in [4.78, 5) is 12.8. The zero-order valence-corrected chi connectivity index (χ0v) is 16.2. The number of hydrogen-bond donors (Lipinski definition) is 0. The molecule has 0 amide bonds. The summed E-state index contributed by atoms with van der Waals surface area (Å²) in [5, 5.41) is 15.8. The first-order valence-corrected chi connectivity index (χ1v) is 10.2. The first-order valence-electron chi connectivity index (χ1n) is 8.35. The summed E-state index contributed by atoms with van der Waals surface area (Å²) >= 11 is 3.14. The van der Waals surface area contributed by atoms with Crippen LogP contribution in [0.5, 0.6) is 0 Å². The molecule has 138 valence electrons. The van der Waals surface area contributed by atoms with Crippen LogP contribution in [0.2, 0.25) is 0 Å². The van der Waals surface area contributed by atoms with Crippen LogP contribution < -0.4 is 0 Å². The Hall–Kier alpha value is -2.59. The van der Waals surface area contributed by atoms with Crippen LogP contribution in [0.25, 0.3) is 11.4 Å². The molecule has 4 heterocycles. The lowest BCUT2D eigenvalue weighted by Gasteiger charge is -1.94. The summed E-state index contributed by atoms with van der Waals surface area (Å²) in [5.41, 5.74) is 1.85. The molecule has 4 rings (SSSR count). The number of rotatable bonds is 8. The van der Waals surface area contributed by atoms with E-state index in [1.54, 1.807) is 23.7 Å². The van der Waals surface area contributed by atoms with Gasteiger partial charge in [0.25, 0.3) is 5.22 Å². The molecule has 4 aromatic rings. The summed E-state index contributed by atoms with van der Waals surface area (Å²) in [6, 6.07) is 3.70. The first kappa shape index (κ1) is 17.8. The van der Waals surface area contributed by atoms with Crippen molar-refractivity contribution in [3.8, 4) is 11.4 Å². The predicted molar refractivity (Wildman–Crippen MR) is 101 cm³/mol. The van der Waals surface area contributed by atoms with Gasteiger partial charge >= 0.3 is 0 Å². The van der Waals surface area contributed by atoms with E-state index in [2.05, 4.69) is 30.3 Å². The molecule has 0 aliphatic carbocycles. The number of thioether (sulfide) groups is 1. The summed E-state index contributed by atoms with van der Waals surface area (Å²) in [5.74, 6) is 2.61. The Labute approximate surface area is 163 Å². The molecule has 0 aromatic carbocycles. The fraction of sp³-hybridized carbons (Fsp3) is 0.294. The molecule has 8 nitrogen and oxygen atoms in total. The van der Waals surface area contributed by atoms with Gasteiger partial charge in [-0.25, -0.2) is 4.98 Å². The number of thiazole rings is 1. The molecule has 0 unspecified atom stereocenters. The van der Waals surface area contributed by atoms with Gasteiger partial charge in [-0.3, -0.25) is 4.98 Å². The van der Waals surface area contributed by atoms with E-state index >= 15 is 0 Å². The van der Waals surface area contributed by atoms with Gasteiger partial charge in [0.05, 0.1) is 17.1 Å². The number of pyridine rings is 1. The fourth-order valence-corrected chi connectivity index (χ4v) is 3.70. The van der Waals surface area contributed by atoms with E-state index in [0.29, 0.717) is 35.7 Å². The third kappa shape index (κ3) is 4.77. The maximum absolute atomic E-state index is 5.66. The lowest BCUT2D eigenvalue weighted by molar-refractivity contribution is 0.378. The van der Waals surface area contributed by atoms with Crippen LogP contribution in [-0.2, 0) is 12.8 Å². The van der Waals surface area contributed by atoms with Gasteiger partial charge < -0.3 is 8.94 Å². The molecule has 10 heteroatoms. The lowest BCUT2D eigenvalue weighted by atomic mass is 10.2. The Kier molecular flexibility index (Phi) is 5.54. The Bertz CT molecular complexity index is 998. The summed E-state index contributed by atoms with van der Waals surface area (Å²) in [7, 11) is 0. The van der Waals surface area contributed by atoms with Gasteiger partial charge in [0.15, 0.2) is 0 Å². The number of hydrogen-bond acceptors (Lipinski definition) is 10. The van der Waals surface area contributed by atoms with Crippen molar-refractivity contribution in [3.05, 3.63) is 52.4 Å². The van der Waals surface area contributed by atoms with Crippen molar-refractivity contribution in [2.45, 2.75) is 31.4 Å². The third-order valence-electron chi connectivity index (χ3n) is 3.61. The van der Waals surface area contributed by atoms with Crippen molar-refractivity contribution in [3.63, 3.8) is 0 Å². The van der Waals surface area contributed by atoms with E-state index in [1.807, 2.05) is 24.4 Å². The van der Waals surface area contributed by atoms with Crippen LogP contribution in [0.4, 0.5) is 0 Å². The van der Waals surface area contributed by atoms with E-state index in [-0.39, 0.29) is 0 Å². The molecule has 0 radical (unpaired) electrons. The van der Waals surface area contributed by atoms with E-state index in [9.17, 15) is 0 Å². The quantitative estimate of drug-likeness (QED) is 0.324. The van der Waals surface area contributed by atoms with Gasteiger partial charge in [0, 0.05) is 35.5 Å². The van der Waals surface area contributed by atoms with Crippen LogP contribution in [0.1, 0.15) is 28.9 Å². The maximum Gasteiger partial charge on any atom is 0.276 e. The SMILES string of the molecule is Cc1nc(Cc2nnc(SCCCc3nc(-c4ccncc4)no3)o2)cs1. The molecule has 0 aliphatic rings. The average molecular weight is 400 g/mol. The van der Waals surface area contributed by atoms with E-state index in [4.69, 9.17) is 8.94 Å². The van der Waals surface area contributed by atoms with Crippen LogP contribution in [-0.4, -0.2) is 36.1 Å². The molecule has 0 fully saturated rings. The van der Waals surface area contributed by atoms with E-state index in [1.165, 1.54) is 11.8 Å². The second-order valence-electron chi connectivity index (χ2n) is 5.70. The summed E-state index contributed by atoms with van der Waals surface area (Å²) < 4.78 is 11.0. The van der Waals surface area contributed by atoms with Gasteiger partial charge in [-0.15, -0.1) is 21.5 Å². The van der Waals surface area contributed by atoms with E-state index < -0.39 is 0 Å². The zero-order valence-electron chi connectivity index (χ0n) is 14.5. The number of aryl methyl sites for hydroxylation is 2. The standard InChI is InChI=1S/C17H16N6O2S2/c1-11-19-13(10-27-11)9-15-21-22-17(24-15)26-8-2-3-14-20-16(23-25-14)12-4-6-18-7-5-12/h4-7,10H,2-3,8-9H2,1H3. The fourth-order valence-electron chi connectivity index (χ4n) is 2.37. The van der Waals surface area contributed by atoms with Crippen molar-refractivity contribution in [1.29, 1.82) is 0 Å². The highest BCUT2D eigenvalue weighted by Crippen LogP contribution is 2.20. The van der Waals surface area contributed by atoms with Gasteiger partial charge in [0.1, 0.15) is 0 Å². The molecule has 4 aromatic heterocycles. The average Bonchev–Trinajstić information content (AvgIpc) is 3.42. The van der Waals surface area contributed by atoms with Crippen molar-refractivity contribution in [2.75, 3.05) is 5.75 Å². The van der Waals surface area contributed by atoms with Crippen LogP contribution in [0.3, 0.4) is 0 Å². The molecule has 0 aliphatic heterocycles. The first-order chi connectivity index (χ1) is 13.3. The second kappa shape index (κ2) is 8.40. The van der Waals surface area contributed by atoms with Crippen molar-refractivity contribution >= 4 is 23.1 Å². The normalized spacial score (nSPS) is 11.1. The molecule has 0 N–H and O–H groups in total. The van der Waals surface area contributed by atoms with Crippen LogP contribution >= 0.6 is 23.1 Å². The number of nitrogens with zero attached hydrogens (tertiary/aromatic N) is 6. The summed E-state index contributed by atoms with van der Waals surface area (Å²) in [6.45, 7) is 1.98. The van der Waals surface area contributed by atoms with Crippen molar-refractivity contribution < 1.29 is 8.94 Å². The van der Waals surface area contributed by atoms with Gasteiger partial charge in [-0.05, 0) is 25.5 Å². The highest BCUT2D eigenvalue weighted by Gasteiger charge is 2.11. The third-order valence-corrected chi connectivity index (χ3v) is 5.34. The smallest absolute Gasteiger partial charge is 0.276 e. The number of aromatic nitrogens is 6. The second-order valence-corrected chi connectivity index (χ2v) is 7.80. The molecule has 0 spiro atoms. The van der Waals surface area contributed by atoms with Gasteiger partial charge in [-0.2, -0.15) is 4.98 Å². The highest BCUT2D eigenvalue weighted by atomic mass is 32.2. The Morgan fingerprint density at radius 1 is 1.11 bits per heavy atom. The topological polar surface area (TPSA) is 104 Å². The Morgan fingerprint density at radius 3 is 2.81 bits per heavy atom. The molecule has 0 bridgehead atoms. The van der Waals surface area contributed by atoms with Crippen molar-refractivity contribution in [1.82, 2.24) is 30.3 Å². The highest BCUT2D eigenvalue weighted by molar-refractivity contribution is 7.99. The lowest BCUT2D eigenvalue weighted by Crippen LogP contribution is -1.89. The monoisotopic (exact) mass is 400 g/mol. The molecular formula is C17H16N6O2S2. The van der Waals surface area contributed by atoms with Crippen molar-refractivity contribution in [2.24, 2.45) is 0 Å². The van der Waals surface area contributed by atoms with Gasteiger partial charge in [-0.1, -0.05) is 16.9 Å². The minimum Gasteiger partial charge on any atom is -0.416 e. The molecule has 0 saturated carbocycles. The Balaban J connectivity index is 1.23. The zero-order chi connectivity index (χ0) is 18.5.